The molecule has 0 unspecified atom stereocenters. The third kappa shape index (κ3) is 4.30. The quantitative estimate of drug-likeness (QED) is 0.729. The molecule has 0 atom stereocenters. The number of H-pyrrole nitrogens is 1. The van der Waals surface area contributed by atoms with Crippen molar-refractivity contribution < 1.29 is 4.79 Å². The number of aromatic amines is 1. The van der Waals surface area contributed by atoms with Crippen molar-refractivity contribution in [2.75, 3.05) is 26.2 Å². The van der Waals surface area contributed by atoms with Gasteiger partial charge in [-0.05, 0) is 24.1 Å². The van der Waals surface area contributed by atoms with Crippen molar-refractivity contribution in [3.63, 3.8) is 0 Å². The molecule has 2 aromatic carbocycles. The van der Waals surface area contributed by atoms with Gasteiger partial charge >= 0.3 is 5.69 Å². The highest BCUT2D eigenvalue weighted by Gasteiger charge is 2.20. The lowest BCUT2D eigenvalue weighted by molar-refractivity contribution is -0.131. The van der Waals surface area contributed by atoms with Crippen LogP contribution in [0.3, 0.4) is 0 Å². The van der Waals surface area contributed by atoms with E-state index in [1.165, 1.54) is 10.1 Å². The van der Waals surface area contributed by atoms with E-state index >= 15 is 0 Å². The van der Waals surface area contributed by atoms with Gasteiger partial charge in [0.25, 0.3) is 5.56 Å². The Morgan fingerprint density at radius 2 is 1.66 bits per heavy atom. The normalized spacial score (nSPS) is 15.4. The second-order valence-electron chi connectivity index (χ2n) is 7.36. The van der Waals surface area contributed by atoms with Crippen LogP contribution in [0.5, 0.6) is 0 Å². The molecular formula is C22H24N4O3. The van der Waals surface area contributed by atoms with Gasteiger partial charge in [-0.3, -0.25) is 24.0 Å². The van der Waals surface area contributed by atoms with E-state index in [2.05, 4.69) is 22.0 Å². The minimum Gasteiger partial charge on any atom is -0.340 e. The Morgan fingerprint density at radius 3 is 2.48 bits per heavy atom. The molecular weight excluding hydrogens is 368 g/mol. The number of fused-ring (bicyclic) bond motifs is 1. The number of carbonyl (C=O) groups is 1. The molecule has 7 heteroatoms. The van der Waals surface area contributed by atoms with Gasteiger partial charge in [-0.1, -0.05) is 42.5 Å². The summed E-state index contributed by atoms with van der Waals surface area (Å²) in [7, 11) is 0. The first-order valence-corrected chi connectivity index (χ1v) is 9.88. The highest BCUT2D eigenvalue weighted by Crippen LogP contribution is 2.11. The van der Waals surface area contributed by atoms with Gasteiger partial charge in [0.15, 0.2) is 0 Å². The van der Waals surface area contributed by atoms with Crippen LogP contribution in [-0.4, -0.2) is 51.4 Å². The highest BCUT2D eigenvalue weighted by atomic mass is 16.2. The lowest BCUT2D eigenvalue weighted by Crippen LogP contribution is -2.40. The van der Waals surface area contributed by atoms with Crippen LogP contribution in [0, 0.1) is 0 Å². The second-order valence-corrected chi connectivity index (χ2v) is 7.36. The summed E-state index contributed by atoms with van der Waals surface area (Å²) in [6.45, 7) is 3.81. The van der Waals surface area contributed by atoms with E-state index in [0.29, 0.717) is 24.0 Å². The molecule has 1 amide bonds. The first-order chi connectivity index (χ1) is 14.1. The molecule has 4 rings (SSSR count). The van der Waals surface area contributed by atoms with Crippen molar-refractivity contribution in [2.24, 2.45) is 0 Å². The lowest BCUT2D eigenvalue weighted by atomic mass is 10.2. The van der Waals surface area contributed by atoms with Gasteiger partial charge in [0.2, 0.25) is 5.91 Å². The van der Waals surface area contributed by atoms with Crippen molar-refractivity contribution in [1.82, 2.24) is 19.4 Å². The Morgan fingerprint density at radius 1 is 0.897 bits per heavy atom. The molecule has 0 bridgehead atoms. The SMILES string of the molecule is O=C(Cn1c(=O)[nH]c(=O)c2ccccc21)N1CCCN(Cc2ccccc2)CC1. The molecule has 0 saturated carbocycles. The van der Waals surface area contributed by atoms with Gasteiger partial charge in [0, 0.05) is 32.7 Å². The van der Waals surface area contributed by atoms with Crippen molar-refractivity contribution in [2.45, 2.75) is 19.5 Å². The first-order valence-electron chi connectivity index (χ1n) is 9.88. The monoisotopic (exact) mass is 392 g/mol. The molecule has 1 aliphatic heterocycles. The molecule has 1 aromatic heterocycles. The van der Waals surface area contributed by atoms with Gasteiger partial charge in [0.1, 0.15) is 6.54 Å². The summed E-state index contributed by atoms with van der Waals surface area (Å²) in [5.74, 6) is -0.106. The lowest BCUT2D eigenvalue weighted by Gasteiger charge is -2.22. The molecule has 1 aliphatic rings. The molecule has 7 nitrogen and oxygen atoms in total. The summed E-state index contributed by atoms with van der Waals surface area (Å²) in [5.41, 5.74) is 0.761. The molecule has 0 radical (unpaired) electrons. The van der Waals surface area contributed by atoms with E-state index in [1.54, 1.807) is 24.3 Å². The number of benzene rings is 2. The van der Waals surface area contributed by atoms with Gasteiger partial charge in [-0.25, -0.2) is 4.79 Å². The van der Waals surface area contributed by atoms with Crippen LogP contribution >= 0.6 is 0 Å². The summed E-state index contributed by atoms with van der Waals surface area (Å²) >= 11 is 0. The standard InChI is InChI=1S/C22H24N4O3/c27-20(16-26-19-10-5-4-9-18(19)21(28)23-22(26)29)25-12-6-11-24(13-14-25)15-17-7-2-1-3-8-17/h1-5,7-10H,6,11-16H2,(H,23,28,29). The number of nitrogens with zero attached hydrogens (tertiary/aromatic N) is 3. The van der Waals surface area contributed by atoms with Crippen molar-refractivity contribution in [3.05, 3.63) is 81.0 Å². The largest absolute Gasteiger partial charge is 0.340 e. The van der Waals surface area contributed by atoms with Crippen LogP contribution < -0.4 is 11.2 Å². The molecule has 2 heterocycles. The Kier molecular flexibility index (Phi) is 5.57. The van der Waals surface area contributed by atoms with Crippen molar-refractivity contribution in [1.29, 1.82) is 0 Å². The van der Waals surface area contributed by atoms with Crippen LogP contribution in [0.4, 0.5) is 0 Å². The fourth-order valence-electron chi connectivity index (χ4n) is 3.85. The molecule has 1 fully saturated rings. The maximum Gasteiger partial charge on any atom is 0.329 e. The van der Waals surface area contributed by atoms with Crippen LogP contribution in [-0.2, 0) is 17.9 Å². The van der Waals surface area contributed by atoms with Gasteiger partial charge in [-0.2, -0.15) is 0 Å². The third-order valence-corrected chi connectivity index (χ3v) is 5.39. The number of hydrogen-bond donors (Lipinski definition) is 1. The summed E-state index contributed by atoms with van der Waals surface area (Å²) in [4.78, 5) is 43.7. The topological polar surface area (TPSA) is 78.4 Å². The first kappa shape index (κ1) is 19.1. The average Bonchev–Trinajstić information content (AvgIpc) is 2.97. The number of para-hydroxylation sites is 1. The zero-order valence-corrected chi connectivity index (χ0v) is 16.2. The summed E-state index contributed by atoms with van der Waals surface area (Å²) in [6, 6.07) is 17.2. The van der Waals surface area contributed by atoms with E-state index < -0.39 is 11.2 Å². The van der Waals surface area contributed by atoms with Gasteiger partial charge < -0.3 is 4.90 Å². The number of nitrogens with one attached hydrogen (secondary N) is 1. The maximum atomic E-state index is 12.9. The second kappa shape index (κ2) is 8.45. The summed E-state index contributed by atoms with van der Waals surface area (Å²) in [5, 5.41) is 0.407. The number of hydrogen-bond acceptors (Lipinski definition) is 4. The van der Waals surface area contributed by atoms with Crippen LogP contribution in [0.15, 0.2) is 64.2 Å². The molecule has 1 N–H and O–H groups in total. The van der Waals surface area contributed by atoms with Gasteiger partial charge in [0.05, 0.1) is 10.9 Å². The Bertz CT molecular complexity index is 1120. The number of rotatable bonds is 4. The fourth-order valence-corrected chi connectivity index (χ4v) is 3.85. The van der Waals surface area contributed by atoms with E-state index in [-0.39, 0.29) is 12.5 Å². The molecule has 3 aromatic rings. The molecule has 1 saturated heterocycles. The number of amides is 1. The molecule has 0 spiro atoms. The highest BCUT2D eigenvalue weighted by molar-refractivity contribution is 5.81. The predicted molar refractivity (Wildman–Crippen MR) is 112 cm³/mol. The maximum absolute atomic E-state index is 12.9. The molecule has 0 aliphatic carbocycles. The minimum atomic E-state index is -0.553. The zero-order chi connectivity index (χ0) is 20.2. The fraction of sp³-hybridized carbons (Fsp3) is 0.318. The van der Waals surface area contributed by atoms with Crippen molar-refractivity contribution >= 4 is 16.8 Å². The van der Waals surface area contributed by atoms with E-state index in [4.69, 9.17) is 0 Å². The third-order valence-electron chi connectivity index (χ3n) is 5.39. The van der Waals surface area contributed by atoms with E-state index in [9.17, 15) is 14.4 Å². The number of aromatic nitrogens is 2. The van der Waals surface area contributed by atoms with E-state index in [1.807, 2.05) is 23.1 Å². The van der Waals surface area contributed by atoms with Crippen LogP contribution in [0.25, 0.3) is 10.9 Å². The molecule has 29 heavy (non-hydrogen) atoms. The zero-order valence-electron chi connectivity index (χ0n) is 16.2. The predicted octanol–water partition coefficient (Wildman–Crippen LogP) is 1.42. The Labute approximate surface area is 168 Å². The summed E-state index contributed by atoms with van der Waals surface area (Å²) < 4.78 is 1.35. The van der Waals surface area contributed by atoms with Crippen molar-refractivity contribution in [3.8, 4) is 0 Å². The van der Waals surface area contributed by atoms with Crippen LogP contribution in [0.2, 0.25) is 0 Å². The minimum absolute atomic E-state index is 0.0746. The average molecular weight is 392 g/mol. The number of carbonyl (C=O) groups excluding carboxylic acids is 1. The van der Waals surface area contributed by atoms with Crippen LogP contribution in [0.1, 0.15) is 12.0 Å². The smallest absolute Gasteiger partial charge is 0.329 e. The molecule has 150 valence electrons. The Balaban J connectivity index is 1.46. The Hall–Kier alpha value is -3.19. The summed E-state index contributed by atoms with van der Waals surface area (Å²) in [6.07, 6.45) is 0.889. The van der Waals surface area contributed by atoms with Gasteiger partial charge in [-0.15, -0.1) is 0 Å². The van der Waals surface area contributed by atoms with E-state index in [0.717, 1.165) is 26.1 Å².